The zero-order valence-electron chi connectivity index (χ0n) is 11.0. The Morgan fingerprint density at radius 2 is 2.05 bits per heavy atom. The third kappa shape index (κ3) is 2.25. The Hall–Kier alpha value is -2.40. The standard InChI is InChI=1S/C15H10ClFN2O2/c1-8-18-12-6-9(15(20)21)2-5-13(12)19(8)14-7-10(16)3-4-11(14)17/h2-7H,1H3,(H,20,21). The normalized spacial score (nSPS) is 11.0. The molecular weight excluding hydrogens is 295 g/mol. The second-order valence-corrected chi connectivity index (χ2v) is 5.04. The average Bonchev–Trinajstić information content (AvgIpc) is 2.76. The summed E-state index contributed by atoms with van der Waals surface area (Å²) in [4.78, 5) is 15.3. The highest BCUT2D eigenvalue weighted by molar-refractivity contribution is 6.30. The van der Waals surface area contributed by atoms with E-state index >= 15 is 0 Å². The highest BCUT2D eigenvalue weighted by atomic mass is 35.5. The molecule has 1 N–H and O–H groups in total. The lowest BCUT2D eigenvalue weighted by atomic mass is 10.2. The summed E-state index contributed by atoms with van der Waals surface area (Å²) >= 11 is 5.93. The van der Waals surface area contributed by atoms with E-state index in [1.54, 1.807) is 17.6 Å². The van der Waals surface area contributed by atoms with E-state index in [2.05, 4.69) is 4.98 Å². The molecule has 3 rings (SSSR count). The Morgan fingerprint density at radius 1 is 1.29 bits per heavy atom. The molecule has 3 aromatic rings. The topological polar surface area (TPSA) is 55.1 Å². The SMILES string of the molecule is Cc1nc2cc(C(=O)O)ccc2n1-c1cc(Cl)ccc1F. The molecule has 6 heteroatoms. The Kier molecular flexibility index (Phi) is 3.14. The van der Waals surface area contributed by atoms with Gasteiger partial charge in [0.05, 0.1) is 22.3 Å². The largest absolute Gasteiger partial charge is 0.478 e. The molecule has 2 aromatic carbocycles. The van der Waals surface area contributed by atoms with Gasteiger partial charge in [-0.3, -0.25) is 4.57 Å². The Morgan fingerprint density at radius 3 is 2.76 bits per heavy atom. The highest BCUT2D eigenvalue weighted by Gasteiger charge is 2.15. The number of carboxylic acids is 1. The Bertz CT molecular complexity index is 873. The van der Waals surface area contributed by atoms with Gasteiger partial charge in [-0.05, 0) is 43.3 Å². The van der Waals surface area contributed by atoms with E-state index in [1.165, 1.54) is 30.3 Å². The highest BCUT2D eigenvalue weighted by Crippen LogP contribution is 2.26. The number of hydrogen-bond acceptors (Lipinski definition) is 2. The van der Waals surface area contributed by atoms with Gasteiger partial charge in [-0.25, -0.2) is 14.2 Å². The van der Waals surface area contributed by atoms with E-state index in [9.17, 15) is 9.18 Å². The maximum absolute atomic E-state index is 14.0. The van der Waals surface area contributed by atoms with Gasteiger partial charge in [0.2, 0.25) is 0 Å². The number of benzene rings is 2. The molecule has 1 aromatic heterocycles. The molecule has 0 spiro atoms. The number of fused-ring (bicyclic) bond motifs is 1. The van der Waals surface area contributed by atoms with Crippen LogP contribution in [0.1, 0.15) is 16.2 Å². The quantitative estimate of drug-likeness (QED) is 0.783. The summed E-state index contributed by atoms with van der Waals surface area (Å²) in [5, 5.41) is 9.42. The molecule has 1 heterocycles. The third-order valence-corrected chi connectivity index (χ3v) is 3.45. The first-order valence-corrected chi connectivity index (χ1v) is 6.53. The van der Waals surface area contributed by atoms with Crippen molar-refractivity contribution in [3.8, 4) is 5.69 Å². The number of hydrogen-bond donors (Lipinski definition) is 1. The number of nitrogens with zero attached hydrogens (tertiary/aromatic N) is 2. The van der Waals surface area contributed by atoms with Crippen molar-refractivity contribution in [2.45, 2.75) is 6.92 Å². The second-order valence-electron chi connectivity index (χ2n) is 4.60. The zero-order valence-corrected chi connectivity index (χ0v) is 11.7. The van der Waals surface area contributed by atoms with Crippen molar-refractivity contribution < 1.29 is 14.3 Å². The van der Waals surface area contributed by atoms with Gasteiger partial charge in [0.15, 0.2) is 0 Å². The Labute approximate surface area is 124 Å². The van der Waals surface area contributed by atoms with Gasteiger partial charge in [-0.2, -0.15) is 0 Å². The van der Waals surface area contributed by atoms with Gasteiger partial charge in [0.1, 0.15) is 11.6 Å². The smallest absolute Gasteiger partial charge is 0.335 e. The predicted octanol–water partition coefficient (Wildman–Crippen LogP) is 3.82. The summed E-state index contributed by atoms with van der Waals surface area (Å²) in [5.74, 6) is -0.907. The summed E-state index contributed by atoms with van der Waals surface area (Å²) in [6, 6.07) is 8.80. The number of rotatable bonds is 2. The maximum Gasteiger partial charge on any atom is 0.335 e. The van der Waals surface area contributed by atoms with Crippen LogP contribution in [-0.2, 0) is 0 Å². The molecule has 0 bridgehead atoms. The molecule has 0 atom stereocenters. The van der Waals surface area contributed by atoms with Crippen LogP contribution in [0.4, 0.5) is 4.39 Å². The Balaban J connectivity index is 2.30. The van der Waals surface area contributed by atoms with E-state index < -0.39 is 11.8 Å². The molecule has 0 unspecified atom stereocenters. The van der Waals surface area contributed by atoms with Crippen molar-refractivity contribution in [1.82, 2.24) is 9.55 Å². The predicted molar refractivity (Wildman–Crippen MR) is 77.7 cm³/mol. The number of imidazole rings is 1. The van der Waals surface area contributed by atoms with Crippen LogP contribution in [0.2, 0.25) is 5.02 Å². The summed E-state index contributed by atoms with van der Waals surface area (Å²) in [5.41, 5.74) is 1.54. The van der Waals surface area contributed by atoms with Gasteiger partial charge >= 0.3 is 5.97 Å². The number of aryl methyl sites for hydroxylation is 1. The monoisotopic (exact) mass is 304 g/mol. The van der Waals surface area contributed by atoms with E-state index in [0.29, 0.717) is 21.9 Å². The number of aromatic nitrogens is 2. The third-order valence-electron chi connectivity index (χ3n) is 3.22. The molecule has 0 aliphatic heterocycles. The fourth-order valence-electron chi connectivity index (χ4n) is 2.30. The maximum atomic E-state index is 14.0. The van der Waals surface area contributed by atoms with Crippen LogP contribution >= 0.6 is 11.6 Å². The molecule has 106 valence electrons. The van der Waals surface area contributed by atoms with Gasteiger partial charge < -0.3 is 5.11 Å². The first-order valence-electron chi connectivity index (χ1n) is 6.15. The number of halogens is 2. The van der Waals surface area contributed by atoms with Gasteiger partial charge in [-0.15, -0.1) is 0 Å². The molecule has 21 heavy (non-hydrogen) atoms. The average molecular weight is 305 g/mol. The number of aromatic carboxylic acids is 1. The lowest BCUT2D eigenvalue weighted by Crippen LogP contribution is -2.00. The number of carbonyl (C=O) groups is 1. The zero-order chi connectivity index (χ0) is 15.1. The van der Waals surface area contributed by atoms with Crippen molar-refractivity contribution >= 4 is 28.6 Å². The summed E-state index contributed by atoms with van der Waals surface area (Å²) < 4.78 is 15.7. The molecule has 0 amide bonds. The first-order chi connectivity index (χ1) is 9.97. The minimum absolute atomic E-state index is 0.138. The van der Waals surface area contributed by atoms with Crippen LogP contribution in [-0.4, -0.2) is 20.6 Å². The molecule has 0 aliphatic rings. The molecule has 4 nitrogen and oxygen atoms in total. The van der Waals surface area contributed by atoms with Crippen LogP contribution in [0.5, 0.6) is 0 Å². The van der Waals surface area contributed by atoms with E-state index in [1.807, 2.05) is 0 Å². The molecule has 0 saturated heterocycles. The second kappa shape index (κ2) is 4.86. The van der Waals surface area contributed by atoms with Gasteiger partial charge in [-0.1, -0.05) is 11.6 Å². The van der Waals surface area contributed by atoms with Crippen LogP contribution < -0.4 is 0 Å². The van der Waals surface area contributed by atoms with Gasteiger partial charge in [0, 0.05) is 5.02 Å². The van der Waals surface area contributed by atoms with Crippen molar-refractivity contribution in [3.63, 3.8) is 0 Å². The van der Waals surface area contributed by atoms with Crippen LogP contribution in [0.25, 0.3) is 16.7 Å². The summed E-state index contributed by atoms with van der Waals surface area (Å²) in [7, 11) is 0. The molecular formula is C15H10ClFN2O2. The fourth-order valence-corrected chi connectivity index (χ4v) is 2.46. The van der Waals surface area contributed by atoms with Crippen molar-refractivity contribution in [2.24, 2.45) is 0 Å². The van der Waals surface area contributed by atoms with Crippen LogP contribution in [0, 0.1) is 12.7 Å². The lowest BCUT2D eigenvalue weighted by Gasteiger charge is -2.08. The van der Waals surface area contributed by atoms with Crippen LogP contribution in [0.15, 0.2) is 36.4 Å². The number of carboxylic acid groups (broad SMARTS) is 1. The van der Waals surface area contributed by atoms with Crippen molar-refractivity contribution in [3.05, 3.63) is 58.6 Å². The van der Waals surface area contributed by atoms with E-state index in [4.69, 9.17) is 16.7 Å². The van der Waals surface area contributed by atoms with E-state index in [0.717, 1.165) is 0 Å². The van der Waals surface area contributed by atoms with Crippen LogP contribution in [0.3, 0.4) is 0 Å². The minimum Gasteiger partial charge on any atom is -0.478 e. The van der Waals surface area contributed by atoms with E-state index in [-0.39, 0.29) is 11.3 Å². The molecule has 0 fully saturated rings. The van der Waals surface area contributed by atoms with Crippen molar-refractivity contribution in [2.75, 3.05) is 0 Å². The van der Waals surface area contributed by atoms with Gasteiger partial charge in [0.25, 0.3) is 0 Å². The summed E-state index contributed by atoms with van der Waals surface area (Å²) in [6.45, 7) is 1.72. The fraction of sp³-hybridized carbons (Fsp3) is 0.0667. The molecule has 0 saturated carbocycles. The lowest BCUT2D eigenvalue weighted by molar-refractivity contribution is 0.0697. The summed E-state index contributed by atoms with van der Waals surface area (Å²) in [6.07, 6.45) is 0. The molecule has 0 radical (unpaired) electrons. The molecule has 0 aliphatic carbocycles. The first kappa shape index (κ1) is 13.6. The van der Waals surface area contributed by atoms with Crippen molar-refractivity contribution in [1.29, 1.82) is 0 Å². The minimum atomic E-state index is -1.03.